The number of amides is 3. The van der Waals surface area contributed by atoms with Gasteiger partial charge in [0.1, 0.15) is 18.6 Å². The number of nitrogens with two attached hydrogens (primary N) is 1. The highest BCUT2D eigenvalue weighted by molar-refractivity contribution is 5.94. The van der Waals surface area contributed by atoms with Gasteiger partial charge in [-0.3, -0.25) is 19.2 Å². The summed E-state index contributed by atoms with van der Waals surface area (Å²) in [5.41, 5.74) is 7.56. The van der Waals surface area contributed by atoms with Gasteiger partial charge in [-0.05, 0) is 23.5 Å². The van der Waals surface area contributed by atoms with Gasteiger partial charge in [0, 0.05) is 23.5 Å². The maximum absolute atomic E-state index is 13.1. The molecule has 0 bridgehead atoms. The summed E-state index contributed by atoms with van der Waals surface area (Å²) in [5, 5.41) is 17.5. The van der Waals surface area contributed by atoms with Gasteiger partial charge in [0.15, 0.2) is 0 Å². The zero-order valence-corrected chi connectivity index (χ0v) is 19.3. The van der Waals surface area contributed by atoms with E-state index in [1.54, 1.807) is 33.9 Å². The lowest BCUT2D eigenvalue weighted by molar-refractivity contribution is -0.138. The molecule has 0 fully saturated rings. The van der Waals surface area contributed by atoms with Gasteiger partial charge in [-0.1, -0.05) is 45.9 Å². The lowest BCUT2D eigenvalue weighted by Crippen LogP contribution is -2.58. The molecule has 0 aliphatic rings. The first-order chi connectivity index (χ1) is 15.5. The van der Waals surface area contributed by atoms with E-state index < -0.39 is 48.4 Å². The van der Waals surface area contributed by atoms with Crippen molar-refractivity contribution in [2.75, 3.05) is 6.54 Å². The van der Waals surface area contributed by atoms with Gasteiger partial charge in [-0.15, -0.1) is 0 Å². The summed E-state index contributed by atoms with van der Waals surface area (Å²) < 4.78 is 0. The van der Waals surface area contributed by atoms with E-state index in [0.717, 1.165) is 16.5 Å². The van der Waals surface area contributed by atoms with E-state index in [1.165, 1.54) is 0 Å². The van der Waals surface area contributed by atoms with E-state index in [1.807, 2.05) is 24.3 Å². The summed E-state index contributed by atoms with van der Waals surface area (Å²) in [6.45, 7) is 6.57. The lowest BCUT2D eigenvalue weighted by Gasteiger charge is -2.27. The van der Waals surface area contributed by atoms with E-state index in [2.05, 4.69) is 20.9 Å². The molecule has 0 aliphatic carbocycles. The molecule has 3 amide bonds. The first-order valence-electron chi connectivity index (χ1n) is 10.9. The molecule has 10 nitrogen and oxygen atoms in total. The second-order valence-corrected chi connectivity index (χ2v) is 8.74. The zero-order valence-electron chi connectivity index (χ0n) is 19.3. The predicted molar refractivity (Wildman–Crippen MR) is 124 cm³/mol. The summed E-state index contributed by atoms with van der Waals surface area (Å²) in [7, 11) is 0. The lowest BCUT2D eigenvalue weighted by atomic mass is 9.99. The monoisotopic (exact) mass is 459 g/mol. The molecule has 1 heterocycles. The van der Waals surface area contributed by atoms with E-state index in [4.69, 9.17) is 10.8 Å². The number of fused-ring (bicyclic) bond motifs is 1. The van der Waals surface area contributed by atoms with Gasteiger partial charge in [0.25, 0.3) is 0 Å². The van der Waals surface area contributed by atoms with Crippen LogP contribution in [0.5, 0.6) is 0 Å². The number of rotatable bonds is 11. The highest BCUT2D eigenvalue weighted by Gasteiger charge is 2.31. The average molecular weight is 460 g/mol. The Hall–Kier alpha value is -3.40. The average Bonchev–Trinajstić information content (AvgIpc) is 3.16. The number of aromatic nitrogens is 1. The number of carboxylic acids is 1. The molecule has 10 heteroatoms. The fraction of sp³-hybridized carbons (Fsp3) is 0.478. The van der Waals surface area contributed by atoms with Crippen LogP contribution in [0.15, 0.2) is 30.5 Å². The molecule has 0 aliphatic heterocycles. The van der Waals surface area contributed by atoms with Gasteiger partial charge >= 0.3 is 5.97 Å². The minimum Gasteiger partial charge on any atom is -0.480 e. The van der Waals surface area contributed by atoms with Crippen LogP contribution in [0.3, 0.4) is 0 Å². The second kappa shape index (κ2) is 11.5. The molecule has 33 heavy (non-hydrogen) atoms. The van der Waals surface area contributed by atoms with Crippen molar-refractivity contribution >= 4 is 34.6 Å². The largest absolute Gasteiger partial charge is 0.480 e. The second-order valence-electron chi connectivity index (χ2n) is 8.74. The highest BCUT2D eigenvalue weighted by Crippen LogP contribution is 2.19. The molecular formula is C23H33N5O5. The minimum atomic E-state index is -1.20. The normalized spacial score (nSPS) is 14.0. The summed E-state index contributed by atoms with van der Waals surface area (Å²) in [5.74, 6) is -3.23. The number of para-hydroxylation sites is 1. The molecule has 0 radical (unpaired) electrons. The fourth-order valence-electron chi connectivity index (χ4n) is 3.36. The third kappa shape index (κ3) is 7.04. The molecule has 2 rings (SSSR count). The Morgan fingerprint density at radius 2 is 1.64 bits per heavy atom. The van der Waals surface area contributed by atoms with Gasteiger partial charge in [-0.2, -0.15) is 0 Å². The van der Waals surface area contributed by atoms with Crippen molar-refractivity contribution in [3.63, 3.8) is 0 Å². The molecule has 0 saturated carbocycles. The van der Waals surface area contributed by atoms with Crippen LogP contribution in [0.4, 0.5) is 0 Å². The Balaban J connectivity index is 2.23. The molecule has 7 N–H and O–H groups in total. The van der Waals surface area contributed by atoms with E-state index in [9.17, 15) is 19.2 Å². The van der Waals surface area contributed by atoms with Crippen molar-refractivity contribution < 1.29 is 24.3 Å². The number of hydrogen-bond acceptors (Lipinski definition) is 5. The number of hydrogen-bond donors (Lipinski definition) is 6. The standard InChI is InChI=1S/C23H33N5O5/c1-12(2)19(24)22(32)28-20(13(3)4)23(33)27-17(21(31)26-11-18(29)30)9-14-10-25-16-8-6-5-7-15(14)16/h5-8,10,12-13,17,19-20,25H,9,11,24H2,1-4H3,(H,26,31)(H,27,33)(H,28,32)(H,29,30). The first kappa shape index (κ1) is 25.9. The van der Waals surface area contributed by atoms with Crippen molar-refractivity contribution in [3.8, 4) is 0 Å². The zero-order chi connectivity index (χ0) is 24.7. The van der Waals surface area contributed by atoms with Crippen molar-refractivity contribution in [1.82, 2.24) is 20.9 Å². The van der Waals surface area contributed by atoms with Gasteiger partial charge in [-0.25, -0.2) is 0 Å². The maximum atomic E-state index is 13.1. The quantitative estimate of drug-likeness (QED) is 0.286. The van der Waals surface area contributed by atoms with Crippen LogP contribution in [0.2, 0.25) is 0 Å². The molecular weight excluding hydrogens is 426 g/mol. The number of carboxylic acid groups (broad SMARTS) is 1. The van der Waals surface area contributed by atoms with Crippen molar-refractivity contribution in [3.05, 3.63) is 36.0 Å². The summed E-state index contributed by atoms with van der Waals surface area (Å²) in [4.78, 5) is 52.3. The van der Waals surface area contributed by atoms with Gasteiger partial charge in [0.2, 0.25) is 17.7 Å². The van der Waals surface area contributed by atoms with E-state index >= 15 is 0 Å². The SMILES string of the molecule is CC(C)C(N)C(=O)NC(C(=O)NC(Cc1c[nH]c2ccccc12)C(=O)NCC(=O)O)C(C)C. The smallest absolute Gasteiger partial charge is 0.322 e. The number of benzene rings is 1. The predicted octanol–water partition coefficient (Wildman–Crippen LogP) is 0.520. The minimum absolute atomic E-state index is 0.114. The van der Waals surface area contributed by atoms with Crippen LogP contribution in [-0.2, 0) is 25.6 Å². The Labute approximate surface area is 192 Å². The number of aliphatic carboxylic acids is 1. The van der Waals surface area contributed by atoms with Crippen LogP contribution in [0.25, 0.3) is 10.9 Å². The molecule has 180 valence electrons. The number of H-pyrrole nitrogens is 1. The number of carbonyl (C=O) groups is 4. The number of nitrogens with one attached hydrogen (secondary N) is 4. The maximum Gasteiger partial charge on any atom is 0.322 e. The van der Waals surface area contributed by atoms with Crippen LogP contribution < -0.4 is 21.7 Å². The Bertz CT molecular complexity index is 1000. The molecule has 1 aromatic heterocycles. The van der Waals surface area contributed by atoms with Crippen LogP contribution >= 0.6 is 0 Å². The molecule has 2 aromatic rings. The molecule has 0 spiro atoms. The van der Waals surface area contributed by atoms with Crippen LogP contribution in [-0.4, -0.2) is 58.5 Å². The fourth-order valence-corrected chi connectivity index (χ4v) is 3.36. The first-order valence-corrected chi connectivity index (χ1v) is 10.9. The van der Waals surface area contributed by atoms with Crippen molar-refractivity contribution in [1.29, 1.82) is 0 Å². The van der Waals surface area contributed by atoms with Crippen molar-refractivity contribution in [2.24, 2.45) is 17.6 Å². The van der Waals surface area contributed by atoms with Gasteiger partial charge in [0.05, 0.1) is 6.04 Å². The van der Waals surface area contributed by atoms with Crippen LogP contribution in [0.1, 0.15) is 33.3 Å². The topological polar surface area (TPSA) is 166 Å². The summed E-state index contributed by atoms with van der Waals surface area (Å²) >= 11 is 0. The third-order valence-electron chi connectivity index (χ3n) is 5.41. The summed E-state index contributed by atoms with van der Waals surface area (Å²) in [6.07, 6.45) is 1.88. The highest BCUT2D eigenvalue weighted by atomic mass is 16.4. The molecule has 0 saturated heterocycles. The Morgan fingerprint density at radius 3 is 2.24 bits per heavy atom. The molecule has 3 unspecified atom stereocenters. The number of carbonyl (C=O) groups excluding carboxylic acids is 3. The summed E-state index contributed by atoms with van der Waals surface area (Å²) in [6, 6.07) is 4.77. The Kier molecular flexibility index (Phi) is 8.98. The Morgan fingerprint density at radius 1 is 0.970 bits per heavy atom. The van der Waals surface area contributed by atoms with Crippen molar-refractivity contribution in [2.45, 2.75) is 52.2 Å². The third-order valence-corrected chi connectivity index (χ3v) is 5.41. The molecule has 3 atom stereocenters. The molecule has 1 aromatic carbocycles. The van der Waals surface area contributed by atoms with Crippen LogP contribution in [0, 0.1) is 11.8 Å². The van der Waals surface area contributed by atoms with E-state index in [-0.39, 0.29) is 18.3 Å². The van der Waals surface area contributed by atoms with Gasteiger partial charge < -0.3 is 31.8 Å². The number of aromatic amines is 1. The van der Waals surface area contributed by atoms with E-state index in [0.29, 0.717) is 0 Å².